The van der Waals surface area contributed by atoms with E-state index in [0.717, 1.165) is 54.7 Å². The fourth-order valence-electron chi connectivity index (χ4n) is 3.41. The molecular weight excluding hydrogens is 358 g/mol. The zero-order valence-corrected chi connectivity index (χ0v) is 16.2. The highest BCUT2D eigenvalue weighted by Crippen LogP contribution is 2.24. The lowest BCUT2D eigenvalue weighted by atomic mass is 10.3. The first-order chi connectivity index (χ1) is 13.3. The van der Waals surface area contributed by atoms with Crippen LogP contribution in [0, 0.1) is 0 Å². The van der Waals surface area contributed by atoms with Gasteiger partial charge in [0.05, 0.1) is 16.8 Å². The summed E-state index contributed by atoms with van der Waals surface area (Å²) < 4.78 is 2.17. The van der Waals surface area contributed by atoms with Crippen LogP contribution in [0.15, 0.2) is 53.8 Å². The standard InChI is InChI=1S/C20H23N5OS/c1-2-25-17-8-4-3-7-16(17)22-20(25)27-15-19(26)24-13-11-23(12-14-24)18-9-5-6-10-21-18/h3-10H,2,11-15H2,1H3. The Morgan fingerprint density at radius 2 is 1.85 bits per heavy atom. The van der Waals surface area contributed by atoms with Gasteiger partial charge in [-0.15, -0.1) is 0 Å². The van der Waals surface area contributed by atoms with Crippen molar-refractivity contribution in [3.63, 3.8) is 0 Å². The highest BCUT2D eigenvalue weighted by molar-refractivity contribution is 7.99. The third-order valence-electron chi connectivity index (χ3n) is 4.87. The Hall–Kier alpha value is -2.54. The number of aryl methyl sites for hydroxylation is 1. The number of pyridine rings is 1. The van der Waals surface area contributed by atoms with Crippen LogP contribution >= 0.6 is 11.8 Å². The van der Waals surface area contributed by atoms with Crippen molar-refractivity contribution >= 4 is 34.5 Å². The third-order valence-corrected chi connectivity index (χ3v) is 5.83. The van der Waals surface area contributed by atoms with Crippen LogP contribution in [-0.2, 0) is 11.3 Å². The summed E-state index contributed by atoms with van der Waals surface area (Å²) in [7, 11) is 0. The van der Waals surface area contributed by atoms with E-state index in [4.69, 9.17) is 4.98 Å². The number of aromatic nitrogens is 3. The van der Waals surface area contributed by atoms with Crippen molar-refractivity contribution in [3.05, 3.63) is 48.7 Å². The molecular formula is C20H23N5OS. The smallest absolute Gasteiger partial charge is 0.233 e. The predicted octanol–water partition coefficient (Wildman–Crippen LogP) is 2.89. The second kappa shape index (κ2) is 8.00. The Bertz CT molecular complexity index is 919. The molecule has 7 heteroatoms. The fourth-order valence-corrected chi connectivity index (χ4v) is 4.39. The van der Waals surface area contributed by atoms with Crippen molar-refractivity contribution in [1.82, 2.24) is 19.4 Å². The number of hydrogen-bond acceptors (Lipinski definition) is 5. The SMILES string of the molecule is CCn1c(SCC(=O)N2CCN(c3ccccn3)CC2)nc2ccccc21. The van der Waals surface area contributed by atoms with Crippen molar-refractivity contribution in [2.45, 2.75) is 18.6 Å². The highest BCUT2D eigenvalue weighted by Gasteiger charge is 2.22. The summed E-state index contributed by atoms with van der Waals surface area (Å²) >= 11 is 1.53. The Morgan fingerprint density at radius 1 is 1.07 bits per heavy atom. The molecule has 0 N–H and O–H groups in total. The summed E-state index contributed by atoms with van der Waals surface area (Å²) in [5.41, 5.74) is 2.11. The van der Waals surface area contributed by atoms with E-state index in [0.29, 0.717) is 5.75 Å². The molecule has 3 aromatic rings. The lowest BCUT2D eigenvalue weighted by molar-refractivity contribution is -0.128. The molecule has 27 heavy (non-hydrogen) atoms. The van der Waals surface area contributed by atoms with Crippen molar-refractivity contribution in [2.24, 2.45) is 0 Å². The van der Waals surface area contributed by atoms with Crippen molar-refractivity contribution < 1.29 is 4.79 Å². The van der Waals surface area contributed by atoms with Crippen molar-refractivity contribution in [3.8, 4) is 0 Å². The van der Waals surface area contributed by atoms with E-state index in [1.807, 2.05) is 47.5 Å². The van der Waals surface area contributed by atoms with Crippen LogP contribution in [-0.4, -0.2) is 57.3 Å². The van der Waals surface area contributed by atoms with E-state index < -0.39 is 0 Å². The Morgan fingerprint density at radius 3 is 2.59 bits per heavy atom. The Kier molecular flexibility index (Phi) is 5.29. The van der Waals surface area contributed by atoms with Gasteiger partial charge in [0.1, 0.15) is 5.82 Å². The molecule has 0 aliphatic carbocycles. The minimum absolute atomic E-state index is 0.176. The summed E-state index contributed by atoms with van der Waals surface area (Å²) in [6.45, 7) is 6.07. The molecule has 1 fully saturated rings. The molecule has 3 heterocycles. The van der Waals surface area contributed by atoms with E-state index in [-0.39, 0.29) is 5.91 Å². The van der Waals surface area contributed by atoms with Crippen molar-refractivity contribution in [2.75, 3.05) is 36.8 Å². The number of carbonyl (C=O) groups is 1. The van der Waals surface area contributed by atoms with Crippen LogP contribution in [0.5, 0.6) is 0 Å². The first kappa shape index (κ1) is 17.9. The average molecular weight is 382 g/mol. The molecule has 4 rings (SSSR count). The lowest BCUT2D eigenvalue weighted by Gasteiger charge is -2.35. The van der Waals surface area contributed by atoms with Gasteiger partial charge >= 0.3 is 0 Å². The van der Waals surface area contributed by atoms with Gasteiger partial charge < -0.3 is 14.4 Å². The fraction of sp³-hybridized carbons (Fsp3) is 0.350. The lowest BCUT2D eigenvalue weighted by Crippen LogP contribution is -2.49. The molecule has 0 atom stereocenters. The van der Waals surface area contributed by atoms with Gasteiger partial charge in [-0.2, -0.15) is 0 Å². The quantitative estimate of drug-likeness (QED) is 0.636. The third kappa shape index (κ3) is 3.78. The van der Waals surface area contributed by atoms with E-state index in [2.05, 4.69) is 27.4 Å². The number of rotatable bonds is 5. The Balaban J connectivity index is 1.35. The molecule has 0 saturated carbocycles. The zero-order chi connectivity index (χ0) is 18.6. The van der Waals surface area contributed by atoms with E-state index in [9.17, 15) is 4.79 Å². The molecule has 1 aromatic carbocycles. The van der Waals surface area contributed by atoms with Gasteiger partial charge in [-0.1, -0.05) is 30.0 Å². The van der Waals surface area contributed by atoms with Crippen LogP contribution in [0.25, 0.3) is 11.0 Å². The van der Waals surface area contributed by atoms with Gasteiger partial charge in [0.15, 0.2) is 5.16 Å². The number of thioether (sulfide) groups is 1. The molecule has 0 radical (unpaired) electrons. The molecule has 1 amide bonds. The number of anilines is 1. The topological polar surface area (TPSA) is 54.3 Å². The number of para-hydroxylation sites is 2. The maximum Gasteiger partial charge on any atom is 0.233 e. The second-order valence-electron chi connectivity index (χ2n) is 6.47. The molecule has 6 nitrogen and oxygen atoms in total. The van der Waals surface area contributed by atoms with Crippen LogP contribution in [0.3, 0.4) is 0 Å². The van der Waals surface area contributed by atoms with Gasteiger partial charge in [-0.3, -0.25) is 4.79 Å². The first-order valence-corrected chi connectivity index (χ1v) is 10.3. The minimum atomic E-state index is 0.176. The molecule has 1 saturated heterocycles. The first-order valence-electron chi connectivity index (χ1n) is 9.28. The number of amides is 1. The molecule has 0 spiro atoms. The number of nitrogens with zero attached hydrogens (tertiary/aromatic N) is 5. The van der Waals surface area contributed by atoms with Crippen LogP contribution < -0.4 is 4.90 Å². The summed E-state index contributed by atoms with van der Waals surface area (Å²) in [5, 5.41) is 0.916. The number of fused-ring (bicyclic) bond motifs is 1. The minimum Gasteiger partial charge on any atom is -0.353 e. The normalized spacial score (nSPS) is 14.7. The van der Waals surface area contributed by atoms with Crippen LogP contribution in [0.2, 0.25) is 0 Å². The average Bonchev–Trinajstić information content (AvgIpc) is 3.10. The van der Waals surface area contributed by atoms with E-state index in [1.165, 1.54) is 11.8 Å². The number of piperazine rings is 1. The van der Waals surface area contributed by atoms with Gasteiger partial charge in [-0.05, 0) is 31.2 Å². The summed E-state index contributed by atoms with van der Waals surface area (Å²) in [4.78, 5) is 25.9. The molecule has 0 unspecified atom stereocenters. The van der Waals surface area contributed by atoms with Crippen LogP contribution in [0.1, 0.15) is 6.92 Å². The summed E-state index contributed by atoms with van der Waals surface area (Å²) in [5.74, 6) is 1.58. The number of benzene rings is 1. The molecule has 140 valence electrons. The van der Waals surface area contributed by atoms with E-state index in [1.54, 1.807) is 0 Å². The van der Waals surface area contributed by atoms with Gasteiger partial charge in [0, 0.05) is 38.9 Å². The monoisotopic (exact) mass is 381 g/mol. The number of hydrogen-bond donors (Lipinski definition) is 0. The van der Waals surface area contributed by atoms with Crippen molar-refractivity contribution in [1.29, 1.82) is 0 Å². The maximum absolute atomic E-state index is 12.7. The van der Waals surface area contributed by atoms with E-state index >= 15 is 0 Å². The molecule has 2 aromatic heterocycles. The summed E-state index contributed by atoms with van der Waals surface area (Å²) in [6, 6.07) is 14.1. The zero-order valence-electron chi connectivity index (χ0n) is 15.4. The highest BCUT2D eigenvalue weighted by atomic mass is 32.2. The van der Waals surface area contributed by atoms with Gasteiger partial charge in [0.2, 0.25) is 5.91 Å². The number of carbonyl (C=O) groups excluding carboxylic acids is 1. The largest absolute Gasteiger partial charge is 0.353 e. The molecule has 1 aliphatic heterocycles. The van der Waals surface area contributed by atoms with Gasteiger partial charge in [-0.25, -0.2) is 9.97 Å². The second-order valence-corrected chi connectivity index (χ2v) is 7.41. The summed E-state index contributed by atoms with van der Waals surface area (Å²) in [6.07, 6.45) is 1.81. The predicted molar refractivity (Wildman–Crippen MR) is 109 cm³/mol. The molecule has 0 bridgehead atoms. The molecule has 1 aliphatic rings. The van der Waals surface area contributed by atoms with Gasteiger partial charge in [0.25, 0.3) is 0 Å². The number of imidazole rings is 1. The Labute approximate surface area is 163 Å². The maximum atomic E-state index is 12.7. The van der Waals surface area contributed by atoms with Crippen LogP contribution in [0.4, 0.5) is 5.82 Å².